The van der Waals surface area contributed by atoms with Gasteiger partial charge in [0.1, 0.15) is 5.54 Å². The largest absolute Gasteiger partial charge is 0.374 e. The molecule has 0 aromatic rings. The van der Waals surface area contributed by atoms with E-state index in [1.807, 2.05) is 6.07 Å². The number of hydroxylamine groups is 2. The number of aliphatic hydroxyl groups excluding tert-OH is 1. The van der Waals surface area contributed by atoms with E-state index in [1.54, 1.807) is 0 Å². The molecule has 86 valence electrons. The van der Waals surface area contributed by atoms with Gasteiger partial charge in [-0.2, -0.15) is 5.26 Å². The van der Waals surface area contributed by atoms with Crippen LogP contribution in [0, 0.1) is 17.2 Å². The molecule has 2 rings (SSSR count). The van der Waals surface area contributed by atoms with E-state index >= 15 is 0 Å². The first-order valence-electron chi connectivity index (χ1n) is 4.85. The van der Waals surface area contributed by atoms with Crippen LogP contribution in [-0.2, 0) is 14.4 Å². The first-order chi connectivity index (χ1) is 7.49. The van der Waals surface area contributed by atoms with Gasteiger partial charge in [-0.05, 0) is 12.8 Å². The molecule has 2 fully saturated rings. The average Bonchev–Trinajstić information content (AvgIpc) is 2.92. The van der Waals surface area contributed by atoms with Crippen LogP contribution in [0.5, 0.6) is 0 Å². The molecule has 0 aromatic heterocycles. The summed E-state index contributed by atoms with van der Waals surface area (Å²) in [5, 5.41) is 21.7. The Labute approximate surface area is 91.5 Å². The third-order valence-corrected chi connectivity index (χ3v) is 2.77. The van der Waals surface area contributed by atoms with Crippen LogP contribution in [0.15, 0.2) is 0 Å². The van der Waals surface area contributed by atoms with Crippen molar-refractivity contribution in [1.29, 1.82) is 5.26 Å². The Hall–Kier alpha value is -1.65. The average molecular weight is 225 g/mol. The van der Waals surface area contributed by atoms with Crippen molar-refractivity contribution >= 4 is 11.9 Å². The Morgan fingerprint density at radius 3 is 2.75 bits per heavy atom. The Morgan fingerprint density at radius 2 is 2.38 bits per heavy atom. The quantitative estimate of drug-likeness (QED) is 0.554. The third-order valence-electron chi connectivity index (χ3n) is 2.77. The van der Waals surface area contributed by atoms with Crippen molar-refractivity contribution in [2.75, 3.05) is 7.05 Å². The van der Waals surface area contributed by atoms with Crippen molar-refractivity contribution in [1.82, 2.24) is 10.4 Å². The maximum atomic E-state index is 11.7. The predicted octanol–water partition coefficient (Wildman–Crippen LogP) is -1.50. The van der Waals surface area contributed by atoms with Crippen LogP contribution in [0.3, 0.4) is 0 Å². The number of aliphatic hydroxyl groups is 1. The molecule has 1 aliphatic heterocycles. The SMILES string of the molecule is CN1OC(=O)C(C(=O)NC2(C#N)CC2)C1O. The number of carbonyl (C=O) groups is 2. The lowest BCUT2D eigenvalue weighted by Crippen LogP contribution is -2.45. The van der Waals surface area contributed by atoms with Gasteiger partial charge in [0, 0.05) is 7.05 Å². The molecule has 1 aliphatic carbocycles. The number of hydrogen-bond donors (Lipinski definition) is 2. The summed E-state index contributed by atoms with van der Waals surface area (Å²) in [5.41, 5.74) is -0.849. The maximum absolute atomic E-state index is 11.7. The second-order valence-electron chi connectivity index (χ2n) is 4.03. The van der Waals surface area contributed by atoms with Crippen LogP contribution < -0.4 is 5.32 Å². The standard InChI is InChI=1S/C9H11N3O4/c1-12-7(14)5(8(15)16-12)6(13)11-9(4-10)2-3-9/h5,7,14H,2-3H2,1H3,(H,11,13). The van der Waals surface area contributed by atoms with Crippen molar-refractivity contribution in [2.45, 2.75) is 24.6 Å². The number of hydrogen-bond acceptors (Lipinski definition) is 6. The Bertz CT molecular complexity index is 385. The van der Waals surface area contributed by atoms with Gasteiger partial charge in [0.2, 0.25) is 5.91 Å². The van der Waals surface area contributed by atoms with Crippen molar-refractivity contribution < 1.29 is 19.5 Å². The van der Waals surface area contributed by atoms with Gasteiger partial charge >= 0.3 is 5.97 Å². The van der Waals surface area contributed by atoms with Crippen LogP contribution in [0.25, 0.3) is 0 Å². The fraction of sp³-hybridized carbons (Fsp3) is 0.667. The van der Waals surface area contributed by atoms with Gasteiger partial charge in [-0.25, -0.2) is 4.79 Å². The Morgan fingerprint density at radius 1 is 1.75 bits per heavy atom. The van der Waals surface area contributed by atoms with Crippen LogP contribution in [-0.4, -0.2) is 40.9 Å². The highest BCUT2D eigenvalue weighted by molar-refractivity contribution is 5.99. The van der Waals surface area contributed by atoms with Crippen LogP contribution in [0.1, 0.15) is 12.8 Å². The molecule has 2 aliphatic rings. The van der Waals surface area contributed by atoms with E-state index in [0.717, 1.165) is 5.06 Å². The molecule has 1 heterocycles. The molecule has 7 nitrogen and oxygen atoms in total. The summed E-state index contributed by atoms with van der Waals surface area (Å²) in [6, 6.07) is 1.97. The van der Waals surface area contributed by atoms with E-state index < -0.39 is 29.6 Å². The van der Waals surface area contributed by atoms with Crippen LogP contribution in [0.2, 0.25) is 0 Å². The summed E-state index contributed by atoms with van der Waals surface area (Å²) in [7, 11) is 1.35. The molecule has 1 amide bonds. The highest BCUT2D eigenvalue weighted by Gasteiger charge is 2.51. The number of nitrogens with zero attached hydrogens (tertiary/aromatic N) is 2. The Kier molecular flexibility index (Phi) is 2.33. The number of carbonyl (C=O) groups excluding carboxylic acids is 2. The van der Waals surface area contributed by atoms with Crippen molar-refractivity contribution in [3.63, 3.8) is 0 Å². The van der Waals surface area contributed by atoms with E-state index in [-0.39, 0.29) is 0 Å². The molecule has 1 saturated heterocycles. The lowest BCUT2D eigenvalue weighted by molar-refractivity contribution is -0.183. The summed E-state index contributed by atoms with van der Waals surface area (Å²) in [6.07, 6.45) is -0.159. The molecule has 0 bridgehead atoms. The summed E-state index contributed by atoms with van der Waals surface area (Å²) >= 11 is 0. The van der Waals surface area contributed by atoms with Crippen molar-refractivity contribution in [3.05, 3.63) is 0 Å². The van der Waals surface area contributed by atoms with Gasteiger partial charge < -0.3 is 15.3 Å². The van der Waals surface area contributed by atoms with Gasteiger partial charge in [-0.15, -0.1) is 5.06 Å². The number of nitriles is 1. The van der Waals surface area contributed by atoms with E-state index in [2.05, 4.69) is 10.2 Å². The highest BCUT2D eigenvalue weighted by Crippen LogP contribution is 2.35. The second kappa shape index (κ2) is 3.43. The van der Waals surface area contributed by atoms with Gasteiger partial charge in [0.25, 0.3) is 0 Å². The lowest BCUT2D eigenvalue weighted by Gasteiger charge is -2.15. The smallest absolute Gasteiger partial charge is 0.341 e. The van der Waals surface area contributed by atoms with Gasteiger partial charge in [0.05, 0.1) is 6.07 Å². The number of amides is 1. The topological polar surface area (TPSA) is 103 Å². The molecule has 16 heavy (non-hydrogen) atoms. The summed E-state index contributed by atoms with van der Waals surface area (Å²) in [5.74, 6) is -2.75. The molecular formula is C9H11N3O4. The third kappa shape index (κ3) is 1.62. The van der Waals surface area contributed by atoms with Crippen LogP contribution >= 0.6 is 0 Å². The molecule has 2 atom stereocenters. The lowest BCUT2D eigenvalue weighted by atomic mass is 10.1. The first kappa shape index (κ1) is 10.9. The highest BCUT2D eigenvalue weighted by atomic mass is 16.7. The zero-order chi connectivity index (χ0) is 11.9. The molecule has 7 heteroatoms. The fourth-order valence-electron chi connectivity index (χ4n) is 1.53. The van der Waals surface area contributed by atoms with Crippen LogP contribution in [0.4, 0.5) is 0 Å². The number of rotatable bonds is 2. The summed E-state index contributed by atoms with van der Waals surface area (Å²) in [6.45, 7) is 0. The van der Waals surface area contributed by atoms with Crippen molar-refractivity contribution in [2.24, 2.45) is 5.92 Å². The molecule has 0 aromatic carbocycles. The molecule has 2 N–H and O–H groups in total. The number of nitrogens with one attached hydrogen (secondary N) is 1. The predicted molar refractivity (Wildman–Crippen MR) is 49.1 cm³/mol. The zero-order valence-corrected chi connectivity index (χ0v) is 8.64. The van der Waals surface area contributed by atoms with E-state index in [1.165, 1.54) is 7.05 Å². The molecule has 2 unspecified atom stereocenters. The van der Waals surface area contributed by atoms with Gasteiger partial charge in [-0.1, -0.05) is 0 Å². The van der Waals surface area contributed by atoms with Gasteiger partial charge in [-0.3, -0.25) is 4.79 Å². The van der Waals surface area contributed by atoms with E-state index in [4.69, 9.17) is 5.26 Å². The first-order valence-corrected chi connectivity index (χ1v) is 4.85. The van der Waals surface area contributed by atoms with Crippen molar-refractivity contribution in [3.8, 4) is 6.07 Å². The second-order valence-corrected chi connectivity index (χ2v) is 4.03. The maximum Gasteiger partial charge on any atom is 0.341 e. The fourth-order valence-corrected chi connectivity index (χ4v) is 1.53. The molecule has 1 saturated carbocycles. The minimum Gasteiger partial charge on any atom is -0.374 e. The molecule has 0 spiro atoms. The van der Waals surface area contributed by atoms with Gasteiger partial charge in [0.15, 0.2) is 12.1 Å². The minimum absolute atomic E-state index is 0.572. The monoisotopic (exact) mass is 225 g/mol. The Balaban J connectivity index is 2.05. The van der Waals surface area contributed by atoms with E-state index in [0.29, 0.717) is 12.8 Å². The summed E-state index contributed by atoms with van der Waals surface area (Å²) < 4.78 is 0. The van der Waals surface area contributed by atoms with E-state index in [9.17, 15) is 14.7 Å². The normalized spacial score (nSPS) is 31.7. The molecular weight excluding hydrogens is 214 g/mol. The minimum atomic E-state index is -1.30. The summed E-state index contributed by atoms with van der Waals surface area (Å²) in [4.78, 5) is 27.5. The molecule has 0 radical (unpaired) electrons. The zero-order valence-electron chi connectivity index (χ0n) is 8.64.